The van der Waals surface area contributed by atoms with Crippen LogP contribution in [0.5, 0.6) is 23.0 Å². The highest BCUT2D eigenvalue weighted by Crippen LogP contribution is 2.33. The van der Waals surface area contributed by atoms with E-state index >= 15 is 0 Å². The Morgan fingerprint density at radius 1 is 0.714 bits per heavy atom. The highest BCUT2D eigenvalue weighted by atomic mass is 32.2. The van der Waals surface area contributed by atoms with Crippen molar-refractivity contribution in [1.82, 2.24) is 14.5 Å². The number of anilines is 1. The van der Waals surface area contributed by atoms with E-state index in [0.29, 0.717) is 60.7 Å². The van der Waals surface area contributed by atoms with Crippen LogP contribution in [0.1, 0.15) is 0 Å². The third kappa shape index (κ3) is 4.96. The van der Waals surface area contributed by atoms with Gasteiger partial charge in [0, 0.05) is 37.8 Å². The van der Waals surface area contributed by atoms with Gasteiger partial charge in [-0.3, -0.25) is 0 Å². The molecule has 1 fully saturated rings. The molecule has 0 spiro atoms. The fourth-order valence-electron chi connectivity index (χ4n) is 3.94. The second-order valence-electron chi connectivity index (χ2n) is 7.75. The third-order valence-electron chi connectivity index (χ3n) is 5.89. The van der Waals surface area contributed by atoms with Crippen molar-refractivity contribution >= 4 is 15.8 Å². The fraction of sp³-hybridized carbons (Fsp3) is 0.333. The van der Waals surface area contributed by atoms with E-state index in [2.05, 4.69) is 10.2 Å². The van der Waals surface area contributed by atoms with E-state index in [1.165, 1.54) is 30.7 Å². The van der Waals surface area contributed by atoms with Crippen LogP contribution in [0.15, 0.2) is 53.4 Å². The van der Waals surface area contributed by atoms with E-state index in [9.17, 15) is 8.42 Å². The van der Waals surface area contributed by atoms with E-state index in [1.54, 1.807) is 20.3 Å². The van der Waals surface area contributed by atoms with Crippen LogP contribution in [-0.4, -0.2) is 77.5 Å². The Morgan fingerprint density at radius 2 is 1.40 bits per heavy atom. The molecule has 10 nitrogen and oxygen atoms in total. The lowest BCUT2D eigenvalue weighted by atomic mass is 10.1. The van der Waals surface area contributed by atoms with Crippen molar-refractivity contribution in [3.63, 3.8) is 0 Å². The zero-order valence-corrected chi connectivity index (χ0v) is 20.9. The van der Waals surface area contributed by atoms with E-state index < -0.39 is 10.0 Å². The number of benzene rings is 2. The number of methoxy groups -OCH3 is 4. The van der Waals surface area contributed by atoms with Crippen molar-refractivity contribution in [2.75, 3.05) is 59.5 Å². The number of rotatable bonds is 8. The molecule has 0 bridgehead atoms. The van der Waals surface area contributed by atoms with Crippen molar-refractivity contribution in [3.8, 4) is 34.3 Å². The minimum absolute atomic E-state index is 0.167. The molecular formula is C24H28N4O6S. The highest BCUT2D eigenvalue weighted by molar-refractivity contribution is 7.89. The Balaban J connectivity index is 1.47. The van der Waals surface area contributed by atoms with Gasteiger partial charge in [0.25, 0.3) is 0 Å². The average molecular weight is 501 g/mol. The molecule has 2 heterocycles. The Kier molecular flexibility index (Phi) is 7.27. The molecule has 1 aliphatic rings. The van der Waals surface area contributed by atoms with Crippen LogP contribution < -0.4 is 23.8 Å². The van der Waals surface area contributed by atoms with Gasteiger partial charge in [-0.25, -0.2) is 8.42 Å². The summed E-state index contributed by atoms with van der Waals surface area (Å²) in [5.41, 5.74) is 1.43. The molecule has 0 atom stereocenters. The topological polar surface area (TPSA) is 103 Å². The first-order valence-corrected chi connectivity index (χ1v) is 12.4. The van der Waals surface area contributed by atoms with Gasteiger partial charge in [0.2, 0.25) is 10.0 Å². The molecule has 0 aliphatic carbocycles. The maximum Gasteiger partial charge on any atom is 0.243 e. The normalized spacial score (nSPS) is 14.5. The van der Waals surface area contributed by atoms with Gasteiger partial charge < -0.3 is 23.8 Å². The molecule has 0 N–H and O–H groups in total. The molecule has 1 aliphatic heterocycles. The molecule has 0 saturated carbocycles. The predicted octanol–water partition coefficient (Wildman–Crippen LogP) is 2.69. The largest absolute Gasteiger partial charge is 0.497 e. The number of piperazine rings is 1. The van der Waals surface area contributed by atoms with Gasteiger partial charge in [0.15, 0.2) is 17.3 Å². The summed E-state index contributed by atoms with van der Waals surface area (Å²) in [6.07, 6.45) is 0. The Labute approximate surface area is 205 Å². The number of aromatic nitrogens is 2. The number of hydrogen-bond acceptors (Lipinski definition) is 9. The molecule has 35 heavy (non-hydrogen) atoms. The summed E-state index contributed by atoms with van der Waals surface area (Å²) < 4.78 is 49.0. The molecule has 4 rings (SSSR count). The second-order valence-corrected chi connectivity index (χ2v) is 9.69. The third-order valence-corrected chi connectivity index (χ3v) is 7.78. The van der Waals surface area contributed by atoms with Gasteiger partial charge in [-0.15, -0.1) is 10.2 Å². The zero-order valence-electron chi connectivity index (χ0n) is 20.1. The summed E-state index contributed by atoms with van der Waals surface area (Å²) in [7, 11) is 2.51. The monoisotopic (exact) mass is 500 g/mol. The number of ether oxygens (including phenoxy) is 4. The molecule has 2 aromatic carbocycles. The lowest BCUT2D eigenvalue weighted by Crippen LogP contribution is -2.49. The molecule has 3 aromatic rings. The lowest BCUT2D eigenvalue weighted by molar-refractivity contribution is 0.353. The fourth-order valence-corrected chi connectivity index (χ4v) is 5.37. The summed E-state index contributed by atoms with van der Waals surface area (Å²) in [6, 6.07) is 13.8. The summed E-state index contributed by atoms with van der Waals surface area (Å²) in [5.74, 6) is 2.89. The minimum atomic E-state index is -3.67. The SMILES string of the molecule is COc1ccc(OC)c(-c2ccc(N3CCN(S(=O)(=O)c4ccc(OC)c(OC)c4)CC3)nn2)c1. The first-order valence-electron chi connectivity index (χ1n) is 10.9. The van der Waals surface area contributed by atoms with Gasteiger partial charge in [-0.1, -0.05) is 0 Å². The smallest absolute Gasteiger partial charge is 0.243 e. The molecule has 11 heteroatoms. The molecule has 1 saturated heterocycles. The molecular weight excluding hydrogens is 472 g/mol. The van der Waals surface area contributed by atoms with E-state index in [0.717, 1.165) is 5.56 Å². The van der Waals surface area contributed by atoms with Gasteiger partial charge in [0.05, 0.1) is 39.0 Å². The van der Waals surface area contributed by atoms with Gasteiger partial charge in [-0.05, 0) is 42.5 Å². The van der Waals surface area contributed by atoms with Crippen molar-refractivity contribution < 1.29 is 27.4 Å². The van der Waals surface area contributed by atoms with Crippen LogP contribution in [0.25, 0.3) is 11.3 Å². The summed E-state index contributed by atoms with van der Waals surface area (Å²) >= 11 is 0. The van der Waals surface area contributed by atoms with E-state index in [1.807, 2.05) is 35.2 Å². The van der Waals surface area contributed by atoms with Crippen LogP contribution in [0.3, 0.4) is 0 Å². The van der Waals surface area contributed by atoms with E-state index in [4.69, 9.17) is 18.9 Å². The lowest BCUT2D eigenvalue weighted by Gasteiger charge is -2.34. The van der Waals surface area contributed by atoms with Gasteiger partial charge >= 0.3 is 0 Å². The van der Waals surface area contributed by atoms with Crippen molar-refractivity contribution in [1.29, 1.82) is 0 Å². The molecule has 0 amide bonds. The maximum absolute atomic E-state index is 13.2. The van der Waals surface area contributed by atoms with Crippen LogP contribution in [0.4, 0.5) is 5.82 Å². The minimum Gasteiger partial charge on any atom is -0.497 e. The second kappa shape index (κ2) is 10.4. The average Bonchev–Trinajstić information content (AvgIpc) is 2.92. The molecule has 186 valence electrons. The molecule has 0 radical (unpaired) electrons. The maximum atomic E-state index is 13.2. The van der Waals surface area contributed by atoms with Crippen LogP contribution >= 0.6 is 0 Å². The van der Waals surface area contributed by atoms with Gasteiger partial charge in [-0.2, -0.15) is 4.31 Å². The first-order chi connectivity index (χ1) is 16.9. The van der Waals surface area contributed by atoms with Crippen LogP contribution in [0.2, 0.25) is 0 Å². The Morgan fingerprint density at radius 3 is 2.00 bits per heavy atom. The number of hydrogen-bond donors (Lipinski definition) is 0. The van der Waals surface area contributed by atoms with Crippen molar-refractivity contribution in [2.24, 2.45) is 0 Å². The summed E-state index contributed by atoms with van der Waals surface area (Å²) in [6.45, 7) is 1.62. The number of sulfonamides is 1. The van der Waals surface area contributed by atoms with Crippen LogP contribution in [-0.2, 0) is 10.0 Å². The molecule has 0 unspecified atom stereocenters. The first kappa shape index (κ1) is 24.6. The standard InChI is InChI=1S/C24H28N4O6S/c1-31-17-5-8-21(32-2)19(15-17)20-7-10-24(26-25-20)27-11-13-28(14-12-27)35(29,30)18-6-9-22(33-3)23(16-18)34-4/h5-10,15-16H,11-14H2,1-4H3. The Bertz CT molecular complexity index is 1280. The van der Waals surface area contributed by atoms with Crippen LogP contribution in [0, 0.1) is 0 Å². The Hall–Kier alpha value is -3.57. The molecule has 1 aromatic heterocycles. The van der Waals surface area contributed by atoms with E-state index in [-0.39, 0.29) is 4.90 Å². The predicted molar refractivity (Wildman–Crippen MR) is 131 cm³/mol. The quantitative estimate of drug-likeness (QED) is 0.462. The van der Waals surface area contributed by atoms with Gasteiger partial charge in [0.1, 0.15) is 11.5 Å². The zero-order chi connectivity index (χ0) is 25.0. The van der Waals surface area contributed by atoms with Crippen molar-refractivity contribution in [3.05, 3.63) is 48.5 Å². The number of nitrogens with zero attached hydrogens (tertiary/aromatic N) is 4. The highest BCUT2D eigenvalue weighted by Gasteiger charge is 2.30. The summed E-state index contributed by atoms with van der Waals surface area (Å²) in [4.78, 5) is 2.18. The van der Waals surface area contributed by atoms with Crippen molar-refractivity contribution in [2.45, 2.75) is 4.90 Å². The summed E-state index contributed by atoms with van der Waals surface area (Å²) in [5, 5.41) is 8.75.